The lowest BCUT2D eigenvalue weighted by atomic mass is 9.96. The molecule has 0 fully saturated rings. The van der Waals surface area contributed by atoms with E-state index in [0.717, 1.165) is 12.1 Å². The number of aliphatic hydroxyl groups is 1. The summed E-state index contributed by atoms with van der Waals surface area (Å²) >= 11 is 0. The van der Waals surface area contributed by atoms with Gasteiger partial charge in [-0.3, -0.25) is 4.39 Å². The number of hydrogen-bond donors (Lipinski definition) is 3. The van der Waals surface area contributed by atoms with Gasteiger partial charge < -0.3 is 15.7 Å². The molecule has 4 nitrogen and oxygen atoms in total. The van der Waals surface area contributed by atoms with Crippen molar-refractivity contribution in [2.75, 3.05) is 26.3 Å². The zero-order chi connectivity index (χ0) is 14.8. The second kappa shape index (κ2) is 8.53. The highest BCUT2D eigenvalue weighted by Crippen LogP contribution is 2.20. The molecule has 0 radical (unpaired) electrons. The van der Waals surface area contributed by atoms with Gasteiger partial charge >= 0.3 is 0 Å². The Morgan fingerprint density at radius 1 is 1.30 bits per heavy atom. The molecular weight excluding hydrogens is 257 g/mol. The van der Waals surface area contributed by atoms with Gasteiger partial charge in [0.25, 0.3) is 0 Å². The maximum absolute atomic E-state index is 12.1. The Balaban J connectivity index is 2.65. The number of alkyl halides is 1. The number of hydrogen-bond acceptors (Lipinski definition) is 2. The molecule has 0 spiro atoms. The average Bonchev–Trinajstić information content (AvgIpc) is 2.46. The number of halogens is 1. The van der Waals surface area contributed by atoms with Crippen molar-refractivity contribution < 1.29 is 9.50 Å². The summed E-state index contributed by atoms with van der Waals surface area (Å²) in [4.78, 5) is 4.36. The Kier molecular flexibility index (Phi) is 7.01. The summed E-state index contributed by atoms with van der Waals surface area (Å²) in [6, 6.07) is 9.43. The quantitative estimate of drug-likeness (QED) is 0.406. The topological polar surface area (TPSA) is 56.7 Å². The summed E-state index contributed by atoms with van der Waals surface area (Å²) in [6.07, 6.45) is 0.444. The van der Waals surface area contributed by atoms with Gasteiger partial charge in [0.05, 0.1) is 13.2 Å². The fourth-order valence-electron chi connectivity index (χ4n) is 1.74. The van der Waals surface area contributed by atoms with Crippen molar-refractivity contribution in [1.82, 2.24) is 10.6 Å². The van der Waals surface area contributed by atoms with Gasteiger partial charge in [0.15, 0.2) is 5.96 Å². The van der Waals surface area contributed by atoms with Gasteiger partial charge in [0.1, 0.15) is 5.60 Å². The van der Waals surface area contributed by atoms with E-state index in [2.05, 4.69) is 15.6 Å². The van der Waals surface area contributed by atoms with Gasteiger partial charge in [-0.05, 0) is 25.8 Å². The van der Waals surface area contributed by atoms with Gasteiger partial charge in [0, 0.05) is 13.1 Å². The molecule has 1 aromatic carbocycles. The molecule has 0 aliphatic carbocycles. The van der Waals surface area contributed by atoms with E-state index in [-0.39, 0.29) is 13.2 Å². The molecule has 0 aromatic heterocycles. The van der Waals surface area contributed by atoms with E-state index in [4.69, 9.17) is 0 Å². The highest BCUT2D eigenvalue weighted by atomic mass is 19.1. The molecule has 0 bridgehead atoms. The normalized spacial score (nSPS) is 14.7. The molecule has 112 valence electrons. The summed E-state index contributed by atoms with van der Waals surface area (Å²) in [5.41, 5.74) is -0.202. The van der Waals surface area contributed by atoms with Crippen molar-refractivity contribution in [3.8, 4) is 0 Å². The molecule has 20 heavy (non-hydrogen) atoms. The van der Waals surface area contributed by atoms with Crippen molar-refractivity contribution in [3.05, 3.63) is 35.9 Å². The minimum absolute atomic E-state index is 0.238. The van der Waals surface area contributed by atoms with E-state index < -0.39 is 5.60 Å². The number of nitrogens with zero attached hydrogens (tertiary/aromatic N) is 1. The van der Waals surface area contributed by atoms with Crippen molar-refractivity contribution in [3.63, 3.8) is 0 Å². The highest BCUT2D eigenvalue weighted by Gasteiger charge is 2.22. The molecule has 1 unspecified atom stereocenters. The fraction of sp³-hybridized carbons (Fsp3) is 0.533. The standard InChI is InChI=1S/C15H24FN3O/c1-3-17-14(18-11-7-10-16)19-12-15(2,20)13-8-5-4-6-9-13/h4-6,8-9,20H,3,7,10-12H2,1-2H3,(H2,17,18,19). The largest absolute Gasteiger partial charge is 0.384 e. The fourth-order valence-corrected chi connectivity index (χ4v) is 1.74. The first-order valence-electron chi connectivity index (χ1n) is 6.96. The molecule has 5 heteroatoms. The van der Waals surface area contributed by atoms with Gasteiger partial charge in [-0.15, -0.1) is 0 Å². The van der Waals surface area contributed by atoms with Gasteiger partial charge in [-0.25, -0.2) is 4.99 Å². The summed E-state index contributed by atoms with van der Waals surface area (Å²) in [5, 5.41) is 16.6. The van der Waals surface area contributed by atoms with E-state index >= 15 is 0 Å². The molecule has 1 atom stereocenters. The number of aliphatic imine (C=N–C) groups is 1. The zero-order valence-electron chi connectivity index (χ0n) is 12.2. The van der Waals surface area contributed by atoms with Crippen molar-refractivity contribution in [1.29, 1.82) is 0 Å². The minimum Gasteiger partial charge on any atom is -0.384 e. The highest BCUT2D eigenvalue weighted by molar-refractivity contribution is 5.79. The SMILES string of the molecule is CCNC(=NCC(C)(O)c1ccccc1)NCCCF. The second-order valence-electron chi connectivity index (χ2n) is 4.80. The van der Waals surface area contributed by atoms with Crippen LogP contribution in [0.5, 0.6) is 0 Å². The smallest absolute Gasteiger partial charge is 0.191 e. The number of nitrogens with one attached hydrogen (secondary N) is 2. The maximum Gasteiger partial charge on any atom is 0.191 e. The van der Waals surface area contributed by atoms with Crippen LogP contribution in [0.4, 0.5) is 4.39 Å². The van der Waals surface area contributed by atoms with E-state index in [1.54, 1.807) is 6.92 Å². The van der Waals surface area contributed by atoms with Crippen LogP contribution >= 0.6 is 0 Å². The summed E-state index contributed by atoms with van der Waals surface area (Å²) in [7, 11) is 0. The lowest BCUT2D eigenvalue weighted by Gasteiger charge is -2.22. The molecule has 0 amide bonds. The van der Waals surface area contributed by atoms with Crippen LogP contribution in [0.2, 0.25) is 0 Å². The van der Waals surface area contributed by atoms with Crippen molar-refractivity contribution >= 4 is 5.96 Å². The maximum atomic E-state index is 12.1. The first kappa shape index (κ1) is 16.4. The first-order valence-corrected chi connectivity index (χ1v) is 6.96. The lowest BCUT2D eigenvalue weighted by Crippen LogP contribution is -2.39. The Labute approximate surface area is 120 Å². The van der Waals surface area contributed by atoms with Crippen molar-refractivity contribution in [2.45, 2.75) is 25.9 Å². The number of benzene rings is 1. The van der Waals surface area contributed by atoms with Crippen LogP contribution in [0, 0.1) is 0 Å². The molecule has 0 saturated heterocycles. The lowest BCUT2D eigenvalue weighted by molar-refractivity contribution is 0.0672. The van der Waals surface area contributed by atoms with Crippen LogP contribution in [-0.2, 0) is 5.60 Å². The van der Waals surface area contributed by atoms with Crippen LogP contribution in [-0.4, -0.2) is 37.4 Å². The van der Waals surface area contributed by atoms with Gasteiger partial charge in [-0.2, -0.15) is 0 Å². The van der Waals surface area contributed by atoms with Crippen LogP contribution in [0.1, 0.15) is 25.8 Å². The third-order valence-electron chi connectivity index (χ3n) is 2.89. The van der Waals surface area contributed by atoms with Crippen LogP contribution in [0.15, 0.2) is 35.3 Å². The predicted octanol–water partition coefficient (Wildman–Crippen LogP) is 1.81. The van der Waals surface area contributed by atoms with Crippen LogP contribution in [0.25, 0.3) is 0 Å². The van der Waals surface area contributed by atoms with Crippen LogP contribution < -0.4 is 10.6 Å². The van der Waals surface area contributed by atoms with E-state index in [1.165, 1.54) is 0 Å². The molecule has 3 N–H and O–H groups in total. The summed E-state index contributed by atoms with van der Waals surface area (Å²) < 4.78 is 12.1. The average molecular weight is 281 g/mol. The van der Waals surface area contributed by atoms with Crippen molar-refractivity contribution in [2.24, 2.45) is 4.99 Å². The zero-order valence-corrected chi connectivity index (χ0v) is 12.2. The predicted molar refractivity (Wildman–Crippen MR) is 80.6 cm³/mol. The van der Waals surface area contributed by atoms with E-state index in [0.29, 0.717) is 18.9 Å². The molecular formula is C15H24FN3O. The Bertz CT molecular complexity index is 407. The second-order valence-corrected chi connectivity index (χ2v) is 4.80. The Hall–Kier alpha value is -1.62. The molecule has 0 aliphatic rings. The molecule has 1 aromatic rings. The molecule has 1 rings (SSSR count). The molecule has 0 aliphatic heterocycles. The van der Waals surface area contributed by atoms with Gasteiger partial charge in [0.2, 0.25) is 0 Å². The Morgan fingerprint density at radius 2 is 2.00 bits per heavy atom. The van der Waals surface area contributed by atoms with E-state index in [1.807, 2.05) is 37.3 Å². The minimum atomic E-state index is -1.02. The summed E-state index contributed by atoms with van der Waals surface area (Å²) in [6.45, 7) is 4.82. The van der Waals surface area contributed by atoms with Crippen LogP contribution in [0.3, 0.4) is 0 Å². The molecule has 0 saturated carbocycles. The van der Waals surface area contributed by atoms with Gasteiger partial charge in [-0.1, -0.05) is 30.3 Å². The first-order chi connectivity index (χ1) is 9.60. The summed E-state index contributed by atoms with van der Waals surface area (Å²) in [5.74, 6) is 0.595. The third kappa shape index (κ3) is 5.57. The third-order valence-corrected chi connectivity index (χ3v) is 2.89. The Morgan fingerprint density at radius 3 is 2.60 bits per heavy atom. The van der Waals surface area contributed by atoms with E-state index in [9.17, 15) is 9.50 Å². The monoisotopic (exact) mass is 281 g/mol. The number of guanidine groups is 1. The molecule has 0 heterocycles. The number of rotatable bonds is 7.